The summed E-state index contributed by atoms with van der Waals surface area (Å²) in [4.78, 5) is 35.6. The topological polar surface area (TPSA) is 102 Å². The van der Waals surface area contributed by atoms with Crippen LogP contribution in [0.1, 0.15) is 40.5 Å². The Morgan fingerprint density at radius 1 is 1.36 bits per heavy atom. The van der Waals surface area contributed by atoms with E-state index in [1.165, 1.54) is 0 Å². The minimum atomic E-state index is -1.18. The molecule has 0 radical (unpaired) electrons. The third kappa shape index (κ3) is 5.29. The quantitative estimate of drug-likeness (QED) is 0.722. The van der Waals surface area contributed by atoms with E-state index < -0.39 is 35.4 Å². The molecule has 0 aliphatic carbocycles. The normalized spacial score (nSPS) is 21.0. The first-order chi connectivity index (χ1) is 10.2. The number of Topliss-reactive ketones (excluding diaryl/α,β-unsaturated/α-hetero) is 1. The zero-order valence-electron chi connectivity index (χ0n) is 13.5. The number of alkyl carbamates (subject to hydrolysis) is 1. The molecular weight excluding hydrogens is 290 g/mol. The first-order valence-electron chi connectivity index (χ1n) is 7.49. The van der Waals surface area contributed by atoms with Gasteiger partial charge in [-0.3, -0.25) is 9.59 Å². The van der Waals surface area contributed by atoms with E-state index in [1.54, 1.807) is 27.7 Å². The number of carbonyl (C=O) groups excluding carboxylic acids is 2. The Kier molecular flexibility index (Phi) is 6.34. The number of carbonyl (C=O) groups is 3. The van der Waals surface area contributed by atoms with Crippen molar-refractivity contribution < 1.29 is 29.0 Å². The molecule has 1 fully saturated rings. The lowest BCUT2D eigenvalue weighted by Crippen LogP contribution is -2.51. The fourth-order valence-electron chi connectivity index (χ4n) is 2.39. The molecule has 7 nitrogen and oxygen atoms in total. The van der Waals surface area contributed by atoms with Gasteiger partial charge in [-0.2, -0.15) is 0 Å². The van der Waals surface area contributed by atoms with Crippen molar-refractivity contribution in [3.63, 3.8) is 0 Å². The average molecular weight is 315 g/mol. The van der Waals surface area contributed by atoms with Crippen LogP contribution in [0.4, 0.5) is 4.79 Å². The van der Waals surface area contributed by atoms with Crippen LogP contribution in [0.5, 0.6) is 0 Å². The number of aliphatic carboxylic acids is 1. The SMILES string of the molecule is CCC(C(=O)O)C(=O)C(NC(=O)OC(C)(C)C)C1CCOC1. The molecule has 7 heteroatoms. The maximum atomic E-state index is 12.5. The van der Waals surface area contributed by atoms with Crippen LogP contribution >= 0.6 is 0 Å². The van der Waals surface area contributed by atoms with Gasteiger partial charge in [-0.1, -0.05) is 6.92 Å². The third-order valence-electron chi connectivity index (χ3n) is 3.46. The number of carboxylic acid groups (broad SMARTS) is 1. The number of hydrogen-bond acceptors (Lipinski definition) is 5. The molecule has 22 heavy (non-hydrogen) atoms. The molecule has 1 rings (SSSR count). The Morgan fingerprint density at radius 3 is 2.41 bits per heavy atom. The van der Waals surface area contributed by atoms with E-state index in [9.17, 15) is 14.4 Å². The van der Waals surface area contributed by atoms with Gasteiger partial charge in [0.05, 0.1) is 12.6 Å². The molecule has 1 aliphatic rings. The summed E-state index contributed by atoms with van der Waals surface area (Å²) in [6.45, 7) is 7.60. The monoisotopic (exact) mass is 315 g/mol. The number of rotatable bonds is 6. The van der Waals surface area contributed by atoms with Crippen molar-refractivity contribution in [3.8, 4) is 0 Å². The van der Waals surface area contributed by atoms with Crippen LogP contribution in [-0.4, -0.2) is 47.8 Å². The van der Waals surface area contributed by atoms with Crippen molar-refractivity contribution in [1.82, 2.24) is 5.32 Å². The first-order valence-corrected chi connectivity index (χ1v) is 7.49. The van der Waals surface area contributed by atoms with E-state index in [0.29, 0.717) is 19.6 Å². The molecule has 2 N–H and O–H groups in total. The summed E-state index contributed by atoms with van der Waals surface area (Å²) in [7, 11) is 0. The van der Waals surface area contributed by atoms with E-state index in [4.69, 9.17) is 14.6 Å². The van der Waals surface area contributed by atoms with E-state index in [0.717, 1.165) is 0 Å². The second-order valence-electron chi connectivity index (χ2n) is 6.45. The highest BCUT2D eigenvalue weighted by molar-refractivity contribution is 6.02. The van der Waals surface area contributed by atoms with Crippen LogP contribution in [0.25, 0.3) is 0 Å². The van der Waals surface area contributed by atoms with Crippen molar-refractivity contribution in [3.05, 3.63) is 0 Å². The summed E-state index contributed by atoms with van der Waals surface area (Å²) >= 11 is 0. The number of ketones is 1. The summed E-state index contributed by atoms with van der Waals surface area (Å²) in [6, 6.07) is -0.904. The van der Waals surface area contributed by atoms with Crippen LogP contribution < -0.4 is 5.32 Å². The van der Waals surface area contributed by atoms with Gasteiger partial charge in [-0.15, -0.1) is 0 Å². The van der Waals surface area contributed by atoms with E-state index in [1.807, 2.05) is 0 Å². The van der Waals surface area contributed by atoms with E-state index >= 15 is 0 Å². The van der Waals surface area contributed by atoms with Gasteiger partial charge in [0.15, 0.2) is 5.78 Å². The van der Waals surface area contributed by atoms with E-state index in [-0.39, 0.29) is 12.3 Å². The predicted octanol–water partition coefficient (Wildman–Crippen LogP) is 1.60. The lowest BCUT2D eigenvalue weighted by atomic mass is 9.87. The molecule has 1 amide bonds. The molecule has 1 heterocycles. The Morgan fingerprint density at radius 2 is 2.00 bits per heavy atom. The lowest BCUT2D eigenvalue weighted by molar-refractivity contribution is -0.147. The summed E-state index contributed by atoms with van der Waals surface area (Å²) in [5, 5.41) is 11.7. The third-order valence-corrected chi connectivity index (χ3v) is 3.46. The van der Waals surface area contributed by atoms with Crippen LogP contribution in [0.2, 0.25) is 0 Å². The maximum absolute atomic E-state index is 12.5. The highest BCUT2D eigenvalue weighted by atomic mass is 16.6. The fraction of sp³-hybridized carbons (Fsp3) is 0.800. The van der Waals surface area contributed by atoms with Gasteiger partial charge in [0.2, 0.25) is 0 Å². The molecule has 3 unspecified atom stereocenters. The lowest BCUT2D eigenvalue weighted by Gasteiger charge is -2.27. The molecule has 126 valence electrons. The Bertz CT molecular complexity index is 422. The summed E-state index contributed by atoms with van der Waals surface area (Å²) in [6.07, 6.45) is 0.0502. The molecule has 0 aromatic carbocycles. The smallest absolute Gasteiger partial charge is 0.408 e. The predicted molar refractivity (Wildman–Crippen MR) is 78.5 cm³/mol. The minimum Gasteiger partial charge on any atom is -0.481 e. The van der Waals surface area contributed by atoms with Crippen LogP contribution in [-0.2, 0) is 19.1 Å². The van der Waals surface area contributed by atoms with Crippen molar-refractivity contribution in [1.29, 1.82) is 0 Å². The molecule has 3 atom stereocenters. The van der Waals surface area contributed by atoms with Gasteiger partial charge in [0, 0.05) is 12.5 Å². The standard InChI is InChI=1S/C15H25NO6/c1-5-10(13(18)19)12(17)11(9-6-7-21-8-9)16-14(20)22-15(2,3)4/h9-11H,5-8H2,1-4H3,(H,16,20)(H,18,19). The number of amides is 1. The molecule has 0 bridgehead atoms. The van der Waals surface area contributed by atoms with Gasteiger partial charge in [0.1, 0.15) is 11.5 Å². The summed E-state index contributed by atoms with van der Waals surface area (Å²) in [5.74, 6) is -3.05. The number of nitrogens with one attached hydrogen (secondary N) is 1. The molecular formula is C15H25NO6. The number of ether oxygens (including phenoxy) is 2. The maximum Gasteiger partial charge on any atom is 0.408 e. The van der Waals surface area contributed by atoms with Crippen molar-refractivity contribution in [2.45, 2.75) is 52.2 Å². The van der Waals surface area contributed by atoms with Crippen LogP contribution in [0, 0.1) is 11.8 Å². The zero-order valence-corrected chi connectivity index (χ0v) is 13.5. The fourth-order valence-corrected chi connectivity index (χ4v) is 2.39. The van der Waals surface area contributed by atoms with E-state index in [2.05, 4.69) is 5.32 Å². The van der Waals surface area contributed by atoms with Crippen molar-refractivity contribution in [2.75, 3.05) is 13.2 Å². The van der Waals surface area contributed by atoms with Crippen LogP contribution in [0.3, 0.4) is 0 Å². The molecule has 0 saturated carbocycles. The highest BCUT2D eigenvalue weighted by Crippen LogP contribution is 2.22. The second-order valence-corrected chi connectivity index (χ2v) is 6.45. The Hall–Kier alpha value is -1.63. The zero-order chi connectivity index (χ0) is 16.9. The Labute approximate surface area is 130 Å². The van der Waals surface area contributed by atoms with Gasteiger partial charge < -0.3 is 19.9 Å². The van der Waals surface area contributed by atoms with Gasteiger partial charge in [-0.25, -0.2) is 4.79 Å². The van der Waals surface area contributed by atoms with Gasteiger partial charge >= 0.3 is 12.1 Å². The molecule has 0 spiro atoms. The minimum absolute atomic E-state index is 0.175. The van der Waals surface area contributed by atoms with Crippen molar-refractivity contribution in [2.24, 2.45) is 11.8 Å². The first kappa shape index (κ1) is 18.4. The average Bonchev–Trinajstić information content (AvgIpc) is 2.87. The number of hydrogen-bond donors (Lipinski definition) is 2. The summed E-state index contributed by atoms with van der Waals surface area (Å²) in [5.41, 5.74) is -0.694. The van der Waals surface area contributed by atoms with Gasteiger partial charge in [-0.05, 0) is 33.6 Å². The Balaban J connectivity index is 2.86. The molecule has 1 aliphatic heterocycles. The number of carboxylic acids is 1. The molecule has 0 aromatic rings. The van der Waals surface area contributed by atoms with Crippen LogP contribution in [0.15, 0.2) is 0 Å². The summed E-state index contributed by atoms with van der Waals surface area (Å²) < 4.78 is 10.4. The molecule has 0 aromatic heterocycles. The van der Waals surface area contributed by atoms with Gasteiger partial charge in [0.25, 0.3) is 0 Å². The van der Waals surface area contributed by atoms with Crippen molar-refractivity contribution >= 4 is 17.8 Å². The largest absolute Gasteiger partial charge is 0.481 e. The highest BCUT2D eigenvalue weighted by Gasteiger charge is 2.39. The second kappa shape index (κ2) is 7.58. The molecule has 1 saturated heterocycles.